The minimum absolute atomic E-state index is 0.0187. The third kappa shape index (κ3) is 8.71. The van der Waals surface area contributed by atoms with Gasteiger partial charge in [0.05, 0.1) is 12.1 Å². The Hall–Kier alpha value is -0.910. The molecule has 5 nitrogen and oxygen atoms in total. The van der Waals surface area contributed by atoms with E-state index in [0.29, 0.717) is 23.5 Å². The average molecular weight is 614 g/mol. The molecular weight excluding hydrogens is 542 g/mol. The molecule has 4 aliphatic rings. The number of hydrogen-bond acceptors (Lipinski definition) is 4. The lowest BCUT2D eigenvalue weighted by atomic mass is 9.47. The van der Waals surface area contributed by atoms with Gasteiger partial charge in [-0.3, -0.25) is 4.79 Å². The molecule has 3 fully saturated rings. The number of amides is 1. The molecule has 0 unspecified atom stereocenters. The lowest BCUT2D eigenvalue weighted by Crippen LogP contribution is -2.51. The topological polar surface area (TPSA) is 90.4 Å². The molecule has 0 heterocycles. The minimum Gasteiger partial charge on any atom is -0.378 e. The molecule has 0 aromatic heterocycles. The summed E-state index contributed by atoms with van der Waals surface area (Å²) in [5, 5.41) is 3.00. The summed E-state index contributed by atoms with van der Waals surface area (Å²) in [4.78, 5) is 12.1. The summed E-state index contributed by atoms with van der Waals surface area (Å²) < 4.78 is 6.47. The third-order valence-electron chi connectivity index (χ3n) is 13.3. The fraction of sp³-hybridized carbons (Fsp3) is 0.923. The summed E-state index contributed by atoms with van der Waals surface area (Å²) in [7, 11) is 0. The fourth-order valence-electron chi connectivity index (χ4n) is 10.6. The molecule has 0 spiro atoms. The van der Waals surface area contributed by atoms with Crippen LogP contribution in [0.15, 0.2) is 11.6 Å². The first-order valence-corrected chi connectivity index (χ1v) is 19.1. The van der Waals surface area contributed by atoms with Crippen molar-refractivity contribution in [2.24, 2.45) is 57.8 Å². The van der Waals surface area contributed by atoms with E-state index in [4.69, 9.17) is 16.2 Å². The second-order valence-electron chi connectivity index (χ2n) is 16.6. The van der Waals surface area contributed by atoms with Crippen LogP contribution in [0.25, 0.3) is 0 Å². The van der Waals surface area contributed by atoms with Gasteiger partial charge in [-0.1, -0.05) is 84.8 Å². The zero-order chi connectivity index (χ0) is 31.7. The molecule has 0 aromatic rings. The molecule has 0 radical (unpaired) electrons. The Kier molecular flexibility index (Phi) is 13.7. The predicted octanol–water partition coefficient (Wildman–Crippen LogP) is 8.55. The summed E-state index contributed by atoms with van der Waals surface area (Å²) in [5.74, 6) is 5.38. The van der Waals surface area contributed by atoms with Crippen molar-refractivity contribution in [3.05, 3.63) is 11.6 Å². The number of hydrogen-bond donors (Lipinski definition) is 3. The van der Waals surface area contributed by atoms with Gasteiger partial charge >= 0.3 is 0 Å². The summed E-state index contributed by atoms with van der Waals surface area (Å²) in [6, 6.07) is -0.399. The van der Waals surface area contributed by atoms with E-state index >= 15 is 0 Å². The molecule has 44 heavy (non-hydrogen) atoms. The summed E-state index contributed by atoms with van der Waals surface area (Å²) in [6.45, 7) is 15.0. The Morgan fingerprint density at radius 3 is 2.50 bits per heavy atom. The number of carbonyl (C=O) groups is 1. The van der Waals surface area contributed by atoms with Crippen LogP contribution in [0.1, 0.15) is 150 Å². The highest BCUT2D eigenvalue weighted by Crippen LogP contribution is 2.67. The SMILES string of the molecule is CC(C)CCC[C@@H](C)[C@H]1CC[C@H]2[C@@H]3CC=C4C[C@H](OCCCCCCNC(=O)[C@@H](N)CCCCN)CC[C@]4(C)[C@H]3CC[C@]12C. The lowest BCUT2D eigenvalue weighted by molar-refractivity contribution is -0.122. The molecule has 0 aromatic carbocycles. The van der Waals surface area contributed by atoms with E-state index in [9.17, 15) is 4.79 Å². The van der Waals surface area contributed by atoms with Gasteiger partial charge in [-0.05, 0) is 130 Å². The van der Waals surface area contributed by atoms with Crippen molar-refractivity contribution in [1.29, 1.82) is 0 Å². The van der Waals surface area contributed by atoms with Gasteiger partial charge < -0.3 is 21.5 Å². The Labute approximate surface area is 271 Å². The predicted molar refractivity (Wildman–Crippen MR) is 185 cm³/mol. The van der Waals surface area contributed by atoms with Crippen LogP contribution in [-0.2, 0) is 9.53 Å². The molecule has 0 saturated heterocycles. The molecule has 1 amide bonds. The van der Waals surface area contributed by atoms with Gasteiger partial charge in [0.1, 0.15) is 0 Å². The maximum absolute atomic E-state index is 12.1. The molecule has 9 atom stereocenters. The van der Waals surface area contributed by atoms with Crippen molar-refractivity contribution < 1.29 is 9.53 Å². The number of unbranched alkanes of at least 4 members (excludes halogenated alkanes) is 4. The van der Waals surface area contributed by atoms with Crippen LogP contribution < -0.4 is 16.8 Å². The second kappa shape index (κ2) is 16.8. The highest BCUT2D eigenvalue weighted by Gasteiger charge is 2.59. The fourth-order valence-corrected chi connectivity index (χ4v) is 10.6. The number of carbonyl (C=O) groups excluding carboxylic acids is 1. The zero-order valence-electron chi connectivity index (χ0n) is 29.5. The quantitative estimate of drug-likeness (QED) is 0.107. The largest absolute Gasteiger partial charge is 0.378 e. The number of allylic oxidation sites excluding steroid dienone is 1. The van der Waals surface area contributed by atoms with Crippen LogP contribution in [0.4, 0.5) is 0 Å². The summed E-state index contributed by atoms with van der Waals surface area (Å²) in [6.07, 6.45) is 25.3. The van der Waals surface area contributed by atoms with Gasteiger partial charge in [0.25, 0.3) is 0 Å². The molecular formula is C39H71N3O2. The van der Waals surface area contributed by atoms with Crippen LogP contribution in [0.5, 0.6) is 0 Å². The number of nitrogens with two attached hydrogens (primary N) is 2. The van der Waals surface area contributed by atoms with Gasteiger partial charge in [0.15, 0.2) is 0 Å². The number of rotatable bonds is 18. The molecule has 5 N–H and O–H groups in total. The van der Waals surface area contributed by atoms with Gasteiger partial charge in [-0.25, -0.2) is 0 Å². The van der Waals surface area contributed by atoms with E-state index in [0.717, 1.165) is 100 Å². The molecule has 4 aliphatic carbocycles. The average Bonchev–Trinajstić information content (AvgIpc) is 3.35. The van der Waals surface area contributed by atoms with Gasteiger partial charge in [-0.15, -0.1) is 0 Å². The van der Waals surface area contributed by atoms with E-state index in [2.05, 4.69) is 46.0 Å². The summed E-state index contributed by atoms with van der Waals surface area (Å²) in [5.41, 5.74) is 14.2. The van der Waals surface area contributed by atoms with Crippen molar-refractivity contribution in [2.75, 3.05) is 19.7 Å². The van der Waals surface area contributed by atoms with Crippen LogP contribution in [0.2, 0.25) is 0 Å². The maximum atomic E-state index is 12.1. The lowest BCUT2D eigenvalue weighted by Gasteiger charge is -2.58. The third-order valence-corrected chi connectivity index (χ3v) is 13.3. The number of nitrogens with one attached hydrogen (secondary N) is 1. The van der Waals surface area contributed by atoms with Crippen molar-refractivity contribution in [3.8, 4) is 0 Å². The number of fused-ring (bicyclic) bond motifs is 5. The smallest absolute Gasteiger partial charge is 0.236 e. The Balaban J connectivity index is 1.16. The first-order chi connectivity index (χ1) is 21.1. The Morgan fingerprint density at radius 1 is 0.932 bits per heavy atom. The van der Waals surface area contributed by atoms with E-state index < -0.39 is 6.04 Å². The molecule has 0 bridgehead atoms. The van der Waals surface area contributed by atoms with Crippen LogP contribution in [-0.4, -0.2) is 37.7 Å². The van der Waals surface area contributed by atoms with E-state index in [1.54, 1.807) is 5.57 Å². The summed E-state index contributed by atoms with van der Waals surface area (Å²) >= 11 is 0. The first-order valence-electron chi connectivity index (χ1n) is 19.1. The van der Waals surface area contributed by atoms with Gasteiger partial charge in [0.2, 0.25) is 5.91 Å². The standard InChI is InChI=1S/C39H71N3O2/c1-28(2)13-12-14-29(3)33-18-19-34-32-17-16-30-27-31(20-22-38(30,4)35(32)21-23-39(33,34)5)44-26-11-7-6-10-25-42-37(43)36(41)15-8-9-24-40/h16,28-29,31-36H,6-15,17-27,40-41H2,1-5H3,(H,42,43)/t29-,31-,32+,33-,34+,35+,36+,38+,39-/m1/s1. The van der Waals surface area contributed by atoms with Crippen LogP contribution in [0.3, 0.4) is 0 Å². The molecule has 254 valence electrons. The van der Waals surface area contributed by atoms with E-state index in [1.165, 1.54) is 64.2 Å². The van der Waals surface area contributed by atoms with Gasteiger partial charge in [-0.2, -0.15) is 0 Å². The van der Waals surface area contributed by atoms with Crippen molar-refractivity contribution in [3.63, 3.8) is 0 Å². The highest BCUT2D eigenvalue weighted by atomic mass is 16.5. The minimum atomic E-state index is -0.399. The molecule has 4 rings (SSSR count). The van der Waals surface area contributed by atoms with Crippen molar-refractivity contribution in [2.45, 2.75) is 162 Å². The molecule has 0 aliphatic heterocycles. The van der Waals surface area contributed by atoms with Crippen LogP contribution >= 0.6 is 0 Å². The molecule has 3 saturated carbocycles. The normalized spacial score (nSPS) is 34.5. The monoisotopic (exact) mass is 614 g/mol. The Morgan fingerprint density at radius 2 is 1.73 bits per heavy atom. The zero-order valence-corrected chi connectivity index (χ0v) is 29.5. The van der Waals surface area contributed by atoms with Crippen molar-refractivity contribution in [1.82, 2.24) is 5.32 Å². The van der Waals surface area contributed by atoms with E-state index in [1.807, 2.05) is 0 Å². The molecule has 5 heteroatoms. The second-order valence-corrected chi connectivity index (χ2v) is 16.6. The highest BCUT2D eigenvalue weighted by molar-refractivity contribution is 5.81. The van der Waals surface area contributed by atoms with E-state index in [-0.39, 0.29) is 5.91 Å². The van der Waals surface area contributed by atoms with Gasteiger partial charge in [0, 0.05) is 13.2 Å². The van der Waals surface area contributed by atoms with Crippen molar-refractivity contribution >= 4 is 5.91 Å². The maximum Gasteiger partial charge on any atom is 0.236 e. The van der Waals surface area contributed by atoms with Crippen LogP contribution in [0, 0.1) is 46.3 Å². The Bertz CT molecular complexity index is 919. The first kappa shape index (κ1) is 35.9. The number of ether oxygens (including phenoxy) is 1.